The number of hydrogen-bond donors (Lipinski definition) is 0. The van der Waals surface area contributed by atoms with E-state index in [-0.39, 0.29) is 18.4 Å². The fourth-order valence-corrected chi connectivity index (χ4v) is 2.60. The van der Waals surface area contributed by atoms with E-state index in [1.807, 2.05) is 30.3 Å². The number of carbonyl (C=O) groups excluding carboxylic acids is 2. The van der Waals surface area contributed by atoms with Gasteiger partial charge in [0.1, 0.15) is 18.6 Å². The molecule has 2 amide bonds. The minimum atomic E-state index is -0.546. The highest BCUT2D eigenvalue weighted by Crippen LogP contribution is 2.20. The zero-order chi connectivity index (χ0) is 16.6. The number of likely N-dealkylation sites (N-methyl/N-ethyl adjacent to an activating group) is 1. The first-order valence-electron chi connectivity index (χ1n) is 7.44. The Hall–Kier alpha value is -2.70. The molecule has 120 valence electrons. The van der Waals surface area contributed by atoms with Gasteiger partial charge in [-0.3, -0.25) is 9.59 Å². The van der Waals surface area contributed by atoms with E-state index in [1.54, 1.807) is 20.9 Å². The van der Waals surface area contributed by atoms with Crippen LogP contribution in [-0.4, -0.2) is 50.9 Å². The molecule has 1 aromatic heterocycles. The standard InChI is InChI=1S/C16H18N4O3/c1-10-16(22)20(11(2)15(21)19(10)3)9-13-17-14(18-23-13)12-7-5-4-6-8-12/h4-8,10-11H,9H2,1-3H3/t10-,11-/m0/s1. The minimum absolute atomic E-state index is 0.0973. The molecule has 1 fully saturated rings. The number of rotatable bonds is 3. The van der Waals surface area contributed by atoms with Crippen molar-refractivity contribution in [1.82, 2.24) is 19.9 Å². The van der Waals surface area contributed by atoms with Gasteiger partial charge in [0.15, 0.2) is 0 Å². The smallest absolute Gasteiger partial charge is 0.246 e. The van der Waals surface area contributed by atoms with Crippen molar-refractivity contribution in [2.75, 3.05) is 7.05 Å². The van der Waals surface area contributed by atoms with Crippen LogP contribution < -0.4 is 0 Å². The zero-order valence-corrected chi connectivity index (χ0v) is 13.3. The predicted octanol–water partition coefficient (Wildman–Crippen LogP) is 1.31. The molecule has 3 rings (SSSR count). The maximum Gasteiger partial charge on any atom is 0.246 e. The van der Waals surface area contributed by atoms with Gasteiger partial charge in [-0.25, -0.2) is 0 Å². The Balaban J connectivity index is 1.80. The fourth-order valence-electron chi connectivity index (χ4n) is 2.60. The Morgan fingerprint density at radius 2 is 1.78 bits per heavy atom. The first kappa shape index (κ1) is 15.2. The lowest BCUT2D eigenvalue weighted by molar-refractivity contribution is -0.159. The summed E-state index contributed by atoms with van der Waals surface area (Å²) >= 11 is 0. The lowest BCUT2D eigenvalue weighted by Gasteiger charge is -2.40. The third kappa shape index (κ3) is 2.69. The van der Waals surface area contributed by atoms with Gasteiger partial charge in [0.25, 0.3) is 0 Å². The lowest BCUT2D eigenvalue weighted by Crippen LogP contribution is -2.61. The third-order valence-electron chi connectivity index (χ3n) is 4.20. The van der Waals surface area contributed by atoms with Crippen LogP contribution in [0.1, 0.15) is 19.7 Å². The van der Waals surface area contributed by atoms with Gasteiger partial charge in [-0.2, -0.15) is 4.98 Å². The van der Waals surface area contributed by atoms with Crippen LogP contribution >= 0.6 is 0 Å². The Labute approximate surface area is 133 Å². The topological polar surface area (TPSA) is 79.5 Å². The van der Waals surface area contributed by atoms with Gasteiger partial charge in [0, 0.05) is 12.6 Å². The van der Waals surface area contributed by atoms with Crippen LogP contribution in [0.15, 0.2) is 34.9 Å². The van der Waals surface area contributed by atoms with Crippen LogP contribution in [0.2, 0.25) is 0 Å². The molecular formula is C16H18N4O3. The molecule has 1 aliphatic rings. The van der Waals surface area contributed by atoms with Gasteiger partial charge in [-0.15, -0.1) is 0 Å². The highest BCUT2D eigenvalue weighted by atomic mass is 16.5. The molecule has 2 heterocycles. The molecule has 2 atom stereocenters. The summed E-state index contributed by atoms with van der Waals surface area (Å²) in [4.78, 5) is 31.9. The second kappa shape index (κ2) is 5.83. The average molecular weight is 314 g/mol. The number of carbonyl (C=O) groups is 2. The molecule has 1 aromatic carbocycles. The van der Waals surface area contributed by atoms with E-state index in [0.29, 0.717) is 11.7 Å². The van der Waals surface area contributed by atoms with Crippen molar-refractivity contribution in [3.63, 3.8) is 0 Å². The molecule has 0 unspecified atom stereocenters. The van der Waals surface area contributed by atoms with Crippen molar-refractivity contribution in [3.05, 3.63) is 36.2 Å². The van der Waals surface area contributed by atoms with Crippen LogP contribution in [-0.2, 0) is 16.1 Å². The van der Waals surface area contributed by atoms with Crippen molar-refractivity contribution in [3.8, 4) is 11.4 Å². The number of nitrogens with zero attached hydrogens (tertiary/aromatic N) is 4. The molecule has 23 heavy (non-hydrogen) atoms. The Morgan fingerprint density at radius 1 is 1.09 bits per heavy atom. The Bertz CT molecular complexity index is 728. The number of piperazine rings is 1. The van der Waals surface area contributed by atoms with Gasteiger partial charge in [-0.05, 0) is 13.8 Å². The number of aromatic nitrogens is 2. The average Bonchev–Trinajstić information content (AvgIpc) is 3.05. The Kier molecular flexibility index (Phi) is 3.85. The lowest BCUT2D eigenvalue weighted by atomic mass is 10.1. The van der Waals surface area contributed by atoms with Crippen LogP contribution in [0.25, 0.3) is 11.4 Å². The summed E-state index contributed by atoms with van der Waals surface area (Å²) in [6.45, 7) is 3.54. The van der Waals surface area contributed by atoms with Crippen LogP contribution in [0.5, 0.6) is 0 Å². The monoisotopic (exact) mass is 314 g/mol. The fraction of sp³-hybridized carbons (Fsp3) is 0.375. The first-order valence-corrected chi connectivity index (χ1v) is 7.44. The summed E-state index contributed by atoms with van der Waals surface area (Å²) in [6, 6.07) is 8.40. The molecule has 2 aromatic rings. The highest BCUT2D eigenvalue weighted by Gasteiger charge is 2.40. The quantitative estimate of drug-likeness (QED) is 0.853. The minimum Gasteiger partial charge on any atom is -0.337 e. The third-order valence-corrected chi connectivity index (χ3v) is 4.20. The van der Waals surface area contributed by atoms with E-state index in [0.717, 1.165) is 5.56 Å². The van der Waals surface area contributed by atoms with E-state index >= 15 is 0 Å². The summed E-state index contributed by atoms with van der Waals surface area (Å²) in [5, 5.41) is 3.94. The normalized spacial score (nSPS) is 21.9. The largest absolute Gasteiger partial charge is 0.337 e. The van der Waals surface area contributed by atoms with E-state index in [2.05, 4.69) is 10.1 Å². The second-order valence-corrected chi connectivity index (χ2v) is 5.64. The van der Waals surface area contributed by atoms with Gasteiger partial charge < -0.3 is 14.3 Å². The summed E-state index contributed by atoms with van der Waals surface area (Å²) < 4.78 is 5.24. The van der Waals surface area contributed by atoms with Crippen LogP contribution in [0.4, 0.5) is 0 Å². The molecule has 0 N–H and O–H groups in total. The Morgan fingerprint density at radius 3 is 2.48 bits per heavy atom. The molecule has 7 heteroatoms. The summed E-state index contributed by atoms with van der Waals surface area (Å²) in [5.41, 5.74) is 0.838. The molecular weight excluding hydrogens is 296 g/mol. The zero-order valence-electron chi connectivity index (χ0n) is 13.3. The van der Waals surface area contributed by atoms with E-state index in [1.165, 1.54) is 9.80 Å². The van der Waals surface area contributed by atoms with Gasteiger partial charge in [0.2, 0.25) is 23.5 Å². The summed E-state index contributed by atoms with van der Waals surface area (Å²) in [7, 11) is 1.64. The SMILES string of the molecule is C[C@H]1C(=O)N(Cc2nc(-c3ccccc3)no2)[C@@H](C)C(=O)N1C. The van der Waals surface area contributed by atoms with Gasteiger partial charge in [0.05, 0.1) is 0 Å². The predicted molar refractivity (Wildman–Crippen MR) is 82.0 cm³/mol. The van der Waals surface area contributed by atoms with E-state index in [9.17, 15) is 9.59 Å². The molecule has 1 aliphatic heterocycles. The van der Waals surface area contributed by atoms with Crippen molar-refractivity contribution in [2.24, 2.45) is 0 Å². The first-order chi connectivity index (χ1) is 11.0. The molecule has 1 saturated heterocycles. The van der Waals surface area contributed by atoms with Gasteiger partial charge in [-0.1, -0.05) is 35.5 Å². The van der Waals surface area contributed by atoms with Crippen molar-refractivity contribution < 1.29 is 14.1 Å². The van der Waals surface area contributed by atoms with Gasteiger partial charge >= 0.3 is 0 Å². The number of benzene rings is 1. The molecule has 0 spiro atoms. The molecule has 0 saturated carbocycles. The summed E-state index contributed by atoms with van der Waals surface area (Å²) in [6.07, 6.45) is 0. The van der Waals surface area contributed by atoms with E-state index < -0.39 is 12.1 Å². The molecule has 7 nitrogen and oxygen atoms in total. The number of amides is 2. The van der Waals surface area contributed by atoms with Crippen LogP contribution in [0, 0.1) is 0 Å². The molecule has 0 radical (unpaired) electrons. The van der Waals surface area contributed by atoms with Crippen molar-refractivity contribution in [1.29, 1.82) is 0 Å². The summed E-state index contributed by atoms with van der Waals surface area (Å²) in [5.74, 6) is 0.557. The van der Waals surface area contributed by atoms with Crippen LogP contribution in [0.3, 0.4) is 0 Å². The maximum atomic E-state index is 12.4. The molecule has 0 bridgehead atoms. The molecule has 0 aliphatic carbocycles. The van der Waals surface area contributed by atoms with Crippen molar-refractivity contribution in [2.45, 2.75) is 32.5 Å². The second-order valence-electron chi connectivity index (χ2n) is 5.64. The maximum absolute atomic E-state index is 12.4. The van der Waals surface area contributed by atoms with Crippen molar-refractivity contribution >= 4 is 11.8 Å². The highest BCUT2D eigenvalue weighted by molar-refractivity contribution is 5.96. The number of hydrogen-bond acceptors (Lipinski definition) is 5. The van der Waals surface area contributed by atoms with E-state index in [4.69, 9.17) is 4.52 Å².